The number of rotatable bonds is 3. The van der Waals surface area contributed by atoms with Crippen LogP contribution in [0.2, 0.25) is 0 Å². The molecule has 0 unspecified atom stereocenters. The number of nitrogens with zero attached hydrogens (tertiary/aromatic N) is 3. The molecule has 0 fully saturated rings. The summed E-state index contributed by atoms with van der Waals surface area (Å²) in [5.74, 6) is 0. The number of hydrogen-bond donors (Lipinski definition) is 0. The van der Waals surface area contributed by atoms with Crippen LogP contribution in [0.3, 0.4) is 0 Å². The van der Waals surface area contributed by atoms with Gasteiger partial charge in [0.05, 0.1) is 12.2 Å². The standard InChI is InChI=1S/C14H19N3O2S/c1-5-16-7-6-12(18)17(13(16)19)8-11-15-10(9-20-11)14(2,3)4/h6-7,9H,5,8H2,1-4H3. The quantitative estimate of drug-likeness (QED) is 0.867. The van der Waals surface area contributed by atoms with Gasteiger partial charge in [0.25, 0.3) is 5.56 Å². The van der Waals surface area contributed by atoms with E-state index in [9.17, 15) is 9.59 Å². The summed E-state index contributed by atoms with van der Waals surface area (Å²) in [6.07, 6.45) is 1.53. The van der Waals surface area contributed by atoms with Crippen molar-refractivity contribution in [3.05, 3.63) is 49.2 Å². The van der Waals surface area contributed by atoms with Crippen molar-refractivity contribution < 1.29 is 0 Å². The minimum Gasteiger partial charge on any atom is -0.301 e. The molecule has 0 aliphatic rings. The van der Waals surface area contributed by atoms with Crippen LogP contribution < -0.4 is 11.2 Å². The van der Waals surface area contributed by atoms with Gasteiger partial charge in [-0.25, -0.2) is 9.78 Å². The van der Waals surface area contributed by atoms with Gasteiger partial charge in [0.2, 0.25) is 0 Å². The van der Waals surface area contributed by atoms with Gasteiger partial charge in [0.15, 0.2) is 0 Å². The predicted octanol–water partition coefficient (Wildman–Crippen LogP) is 1.83. The molecule has 2 aromatic heterocycles. The van der Waals surface area contributed by atoms with Crippen LogP contribution in [0.25, 0.3) is 0 Å². The van der Waals surface area contributed by atoms with E-state index in [4.69, 9.17) is 0 Å². The molecule has 0 saturated carbocycles. The molecule has 2 aromatic rings. The van der Waals surface area contributed by atoms with Crippen molar-refractivity contribution in [1.82, 2.24) is 14.1 Å². The maximum absolute atomic E-state index is 12.1. The second-order valence-corrected chi connectivity index (χ2v) is 6.63. The molecule has 20 heavy (non-hydrogen) atoms. The molecule has 0 aromatic carbocycles. The van der Waals surface area contributed by atoms with Crippen molar-refractivity contribution >= 4 is 11.3 Å². The van der Waals surface area contributed by atoms with Crippen molar-refractivity contribution in [2.75, 3.05) is 0 Å². The molecule has 0 spiro atoms. The molecule has 0 amide bonds. The molecular weight excluding hydrogens is 274 g/mol. The third-order valence-corrected chi connectivity index (χ3v) is 3.93. The lowest BCUT2D eigenvalue weighted by atomic mass is 9.93. The van der Waals surface area contributed by atoms with Gasteiger partial charge in [-0.1, -0.05) is 20.8 Å². The Kier molecular flexibility index (Phi) is 3.94. The first-order valence-corrected chi connectivity index (χ1v) is 7.46. The Morgan fingerprint density at radius 2 is 2.00 bits per heavy atom. The van der Waals surface area contributed by atoms with Gasteiger partial charge in [0.1, 0.15) is 5.01 Å². The molecule has 2 rings (SSSR count). The zero-order valence-electron chi connectivity index (χ0n) is 12.2. The maximum atomic E-state index is 12.1. The van der Waals surface area contributed by atoms with Crippen molar-refractivity contribution in [3.8, 4) is 0 Å². The van der Waals surface area contributed by atoms with E-state index in [1.165, 1.54) is 32.7 Å². The molecule has 0 radical (unpaired) electrons. The molecule has 0 atom stereocenters. The van der Waals surface area contributed by atoms with Crippen LogP contribution >= 0.6 is 11.3 Å². The summed E-state index contributed by atoms with van der Waals surface area (Å²) in [5.41, 5.74) is 0.386. The third-order valence-electron chi connectivity index (χ3n) is 3.09. The van der Waals surface area contributed by atoms with E-state index < -0.39 is 0 Å². The topological polar surface area (TPSA) is 56.9 Å². The van der Waals surface area contributed by atoms with E-state index in [1.54, 1.807) is 0 Å². The van der Waals surface area contributed by atoms with Gasteiger partial charge in [0, 0.05) is 29.6 Å². The summed E-state index contributed by atoms with van der Waals surface area (Å²) in [6.45, 7) is 8.92. The Morgan fingerprint density at radius 1 is 1.30 bits per heavy atom. The molecule has 6 heteroatoms. The average molecular weight is 293 g/mol. The minimum absolute atomic E-state index is 0.0278. The third kappa shape index (κ3) is 2.90. The van der Waals surface area contributed by atoms with E-state index in [2.05, 4.69) is 25.8 Å². The highest BCUT2D eigenvalue weighted by Crippen LogP contribution is 2.23. The van der Waals surface area contributed by atoms with Crippen LogP contribution in [0, 0.1) is 0 Å². The van der Waals surface area contributed by atoms with Gasteiger partial charge >= 0.3 is 5.69 Å². The Hall–Kier alpha value is -1.69. The first-order chi connectivity index (χ1) is 9.32. The lowest BCUT2D eigenvalue weighted by Crippen LogP contribution is -2.39. The number of hydrogen-bond acceptors (Lipinski definition) is 4. The first-order valence-electron chi connectivity index (χ1n) is 6.58. The van der Waals surface area contributed by atoms with Gasteiger partial charge in [-0.2, -0.15) is 0 Å². The number of thiazole rings is 1. The van der Waals surface area contributed by atoms with Crippen LogP contribution in [-0.4, -0.2) is 14.1 Å². The van der Waals surface area contributed by atoms with Crippen molar-refractivity contribution in [2.24, 2.45) is 0 Å². The van der Waals surface area contributed by atoms with E-state index in [0.29, 0.717) is 6.54 Å². The van der Waals surface area contributed by atoms with Crippen molar-refractivity contribution in [3.63, 3.8) is 0 Å². The van der Waals surface area contributed by atoms with Crippen molar-refractivity contribution in [2.45, 2.75) is 46.2 Å². The molecule has 108 valence electrons. The highest BCUT2D eigenvalue weighted by Gasteiger charge is 2.18. The fourth-order valence-electron chi connectivity index (χ4n) is 1.81. The average Bonchev–Trinajstić information content (AvgIpc) is 2.83. The Labute approximate surface area is 121 Å². The lowest BCUT2D eigenvalue weighted by molar-refractivity contribution is 0.564. The highest BCUT2D eigenvalue weighted by molar-refractivity contribution is 7.09. The normalized spacial score (nSPS) is 11.8. The number of aryl methyl sites for hydroxylation is 1. The first kappa shape index (κ1) is 14.7. The van der Waals surface area contributed by atoms with Gasteiger partial charge in [-0.3, -0.25) is 9.36 Å². The molecule has 0 N–H and O–H groups in total. The van der Waals surface area contributed by atoms with Gasteiger partial charge in [-0.05, 0) is 6.92 Å². The maximum Gasteiger partial charge on any atom is 0.331 e. The van der Waals surface area contributed by atoms with Crippen LogP contribution in [0.1, 0.15) is 38.4 Å². The molecule has 2 heterocycles. The smallest absolute Gasteiger partial charge is 0.301 e. The lowest BCUT2D eigenvalue weighted by Gasteiger charge is -2.14. The van der Waals surface area contributed by atoms with E-state index in [-0.39, 0.29) is 23.2 Å². The van der Waals surface area contributed by atoms with E-state index in [1.807, 2.05) is 12.3 Å². The van der Waals surface area contributed by atoms with Crippen LogP contribution in [0.5, 0.6) is 0 Å². The van der Waals surface area contributed by atoms with Crippen LogP contribution in [0.15, 0.2) is 27.2 Å². The second-order valence-electron chi connectivity index (χ2n) is 5.69. The van der Waals surface area contributed by atoms with Gasteiger partial charge in [-0.15, -0.1) is 11.3 Å². The fraction of sp³-hybridized carbons (Fsp3) is 0.500. The number of aromatic nitrogens is 3. The van der Waals surface area contributed by atoms with Crippen molar-refractivity contribution in [1.29, 1.82) is 0 Å². The summed E-state index contributed by atoms with van der Waals surface area (Å²) in [7, 11) is 0. The summed E-state index contributed by atoms with van der Waals surface area (Å²) in [6, 6.07) is 1.42. The summed E-state index contributed by atoms with van der Waals surface area (Å²) >= 11 is 1.48. The summed E-state index contributed by atoms with van der Waals surface area (Å²) in [5, 5.41) is 2.77. The molecule has 0 saturated heterocycles. The second kappa shape index (κ2) is 5.36. The molecule has 0 aliphatic heterocycles. The molecule has 0 aliphatic carbocycles. The summed E-state index contributed by atoms with van der Waals surface area (Å²) in [4.78, 5) is 28.5. The monoisotopic (exact) mass is 293 g/mol. The molecule has 5 nitrogen and oxygen atoms in total. The minimum atomic E-state index is -0.285. The fourth-order valence-corrected chi connectivity index (χ4v) is 2.81. The Bertz CT molecular complexity index is 719. The summed E-state index contributed by atoms with van der Waals surface area (Å²) < 4.78 is 2.74. The highest BCUT2D eigenvalue weighted by atomic mass is 32.1. The largest absolute Gasteiger partial charge is 0.331 e. The predicted molar refractivity (Wildman–Crippen MR) is 80.6 cm³/mol. The molecular formula is C14H19N3O2S. The SMILES string of the molecule is CCn1ccc(=O)n(Cc2nc(C(C)(C)C)cs2)c1=O. The zero-order chi connectivity index (χ0) is 14.9. The van der Waals surface area contributed by atoms with Crippen LogP contribution in [-0.2, 0) is 18.5 Å². The Morgan fingerprint density at radius 3 is 2.55 bits per heavy atom. The van der Waals surface area contributed by atoms with Gasteiger partial charge < -0.3 is 4.57 Å². The molecule has 0 bridgehead atoms. The zero-order valence-corrected chi connectivity index (χ0v) is 13.0. The Balaban J connectivity index is 2.38. The van der Waals surface area contributed by atoms with E-state index >= 15 is 0 Å². The van der Waals surface area contributed by atoms with Crippen LogP contribution in [0.4, 0.5) is 0 Å². The van der Waals surface area contributed by atoms with E-state index in [0.717, 1.165) is 10.7 Å².